The van der Waals surface area contributed by atoms with Gasteiger partial charge in [-0.15, -0.1) is 0 Å². The monoisotopic (exact) mass is 650 g/mol. The maximum Gasteiger partial charge on any atom is 0.334 e. The van der Waals surface area contributed by atoms with Gasteiger partial charge in [0.1, 0.15) is 18.3 Å². The molecule has 0 amide bonds. The molecule has 0 bridgehead atoms. The zero-order valence-corrected chi connectivity index (χ0v) is 28.1. The van der Waals surface area contributed by atoms with Gasteiger partial charge in [-0.05, 0) is 52.2 Å². The quantitative estimate of drug-likeness (QED) is 0.177. The largest absolute Gasteiger partial charge is 0.462 e. The van der Waals surface area contributed by atoms with Gasteiger partial charge in [-0.25, -0.2) is 4.79 Å². The Kier molecular flexibility index (Phi) is 9.32. The molecule has 13 heteroatoms. The number of aliphatic hydroxyl groups is 2. The summed E-state index contributed by atoms with van der Waals surface area (Å²) in [6.45, 7) is 14.0. The summed E-state index contributed by atoms with van der Waals surface area (Å²) in [7, 11) is 0. The number of carbonyl (C=O) groups excluding carboxylic acids is 5. The second-order valence-corrected chi connectivity index (χ2v) is 13.7. The predicted octanol–water partition coefficient (Wildman–Crippen LogP) is 2.24. The first kappa shape index (κ1) is 35.6. The Morgan fingerprint density at radius 3 is 1.93 bits per heavy atom. The average Bonchev–Trinajstić information content (AvgIpc) is 3.16. The first-order valence-corrected chi connectivity index (χ1v) is 15.5. The van der Waals surface area contributed by atoms with Crippen LogP contribution in [-0.4, -0.2) is 94.5 Å². The van der Waals surface area contributed by atoms with E-state index in [0.717, 1.165) is 6.92 Å². The van der Waals surface area contributed by atoms with Crippen LogP contribution in [0, 0.1) is 16.7 Å². The second kappa shape index (κ2) is 12.1. The summed E-state index contributed by atoms with van der Waals surface area (Å²) < 4.78 is 36.5. The number of carbonyl (C=O) groups is 5. The molecule has 4 aliphatic rings. The van der Waals surface area contributed by atoms with E-state index in [1.54, 1.807) is 20.8 Å². The average molecular weight is 651 g/mol. The third kappa shape index (κ3) is 5.33. The minimum absolute atomic E-state index is 0.0187. The molecule has 1 saturated heterocycles. The molecule has 2 saturated carbocycles. The van der Waals surface area contributed by atoms with E-state index >= 15 is 0 Å². The van der Waals surface area contributed by atoms with Gasteiger partial charge in [0.05, 0.1) is 35.1 Å². The Hall–Kier alpha value is -3.29. The van der Waals surface area contributed by atoms with E-state index in [1.807, 2.05) is 0 Å². The van der Waals surface area contributed by atoms with Crippen LogP contribution in [0.3, 0.4) is 0 Å². The lowest BCUT2D eigenvalue weighted by atomic mass is 9.49. The smallest absolute Gasteiger partial charge is 0.334 e. The molecule has 3 aliphatic carbocycles. The van der Waals surface area contributed by atoms with E-state index < -0.39 is 94.4 Å². The molecule has 0 spiro atoms. The lowest BCUT2D eigenvalue weighted by molar-refractivity contribution is -0.353. The third-order valence-electron chi connectivity index (χ3n) is 10.6. The van der Waals surface area contributed by atoms with Crippen molar-refractivity contribution in [2.45, 2.75) is 130 Å². The van der Waals surface area contributed by atoms with Crippen molar-refractivity contribution in [3.05, 3.63) is 22.8 Å². The van der Waals surface area contributed by atoms with Gasteiger partial charge < -0.3 is 38.6 Å². The molecule has 10 atom stereocenters. The molecule has 13 nitrogen and oxygen atoms in total. The highest BCUT2D eigenvalue weighted by molar-refractivity contribution is 5.88. The Labute approximate surface area is 268 Å². The van der Waals surface area contributed by atoms with Crippen LogP contribution in [0.4, 0.5) is 0 Å². The Morgan fingerprint density at radius 2 is 1.48 bits per heavy atom. The summed E-state index contributed by atoms with van der Waals surface area (Å²) in [5.74, 6) is -4.88. The van der Waals surface area contributed by atoms with Crippen molar-refractivity contribution in [1.82, 2.24) is 0 Å². The normalized spacial score (nSPS) is 38.6. The summed E-state index contributed by atoms with van der Waals surface area (Å²) in [6, 6.07) is 0. The van der Waals surface area contributed by atoms with Gasteiger partial charge in [0.2, 0.25) is 0 Å². The molecule has 0 aromatic heterocycles. The molecule has 3 fully saturated rings. The summed E-state index contributed by atoms with van der Waals surface area (Å²) in [5.41, 5.74) is -5.99. The molecule has 4 rings (SSSR count). The van der Waals surface area contributed by atoms with Crippen molar-refractivity contribution in [3.8, 4) is 0 Å². The number of fused-ring (bicyclic) bond motifs is 4. The number of hydrogen-bond donors (Lipinski definition) is 2. The molecular weight excluding hydrogens is 604 g/mol. The summed E-state index contributed by atoms with van der Waals surface area (Å²) in [6.07, 6.45) is -6.28. The van der Waals surface area contributed by atoms with Gasteiger partial charge in [0.25, 0.3) is 0 Å². The van der Waals surface area contributed by atoms with Gasteiger partial charge in [0.15, 0.2) is 17.8 Å². The molecule has 10 unspecified atom stereocenters. The SMILES string of the molecule is CC=C(C)C(=O)OC1C2=C(C)C(O)CC2(C(C)(C)O)C(OC(C)=O)C2C3(OC(C)=O)COC3CC(OC(C)=O)C2(C)C1OC(C)=O. The number of esters is 5. The maximum absolute atomic E-state index is 13.6. The lowest BCUT2D eigenvalue weighted by Crippen LogP contribution is -2.79. The van der Waals surface area contributed by atoms with E-state index in [4.69, 9.17) is 28.4 Å². The number of rotatable bonds is 7. The predicted molar refractivity (Wildman–Crippen MR) is 158 cm³/mol. The fraction of sp³-hybridized carbons (Fsp3) is 0.727. The summed E-state index contributed by atoms with van der Waals surface area (Å²) >= 11 is 0. The molecule has 0 aromatic carbocycles. The standard InChI is InChI=1S/C33H46O13/c1-11-15(2)29(39)45-25-24-16(3)21(38)13-32(24,30(8,9)40)28(44-19(6)36)26-31(10,27(25)43-18(5)35)22(42-17(4)34)12-23-33(26,14-41-23)46-20(7)37/h11,21-23,25-28,38,40H,12-14H2,1-10H3. The van der Waals surface area contributed by atoms with Crippen molar-refractivity contribution in [2.75, 3.05) is 6.61 Å². The number of ether oxygens (including phenoxy) is 6. The van der Waals surface area contributed by atoms with Gasteiger partial charge in [-0.1, -0.05) is 13.0 Å². The van der Waals surface area contributed by atoms with E-state index in [0.29, 0.717) is 5.57 Å². The van der Waals surface area contributed by atoms with E-state index in [9.17, 15) is 34.2 Å². The fourth-order valence-corrected chi connectivity index (χ4v) is 8.54. The molecule has 2 N–H and O–H groups in total. The highest BCUT2D eigenvalue weighted by Gasteiger charge is 2.80. The van der Waals surface area contributed by atoms with Crippen LogP contribution in [0.5, 0.6) is 0 Å². The van der Waals surface area contributed by atoms with Crippen LogP contribution < -0.4 is 0 Å². The minimum atomic E-state index is -1.82. The third-order valence-corrected chi connectivity index (χ3v) is 10.6. The summed E-state index contributed by atoms with van der Waals surface area (Å²) in [4.78, 5) is 65.1. The van der Waals surface area contributed by atoms with Crippen molar-refractivity contribution in [1.29, 1.82) is 0 Å². The molecule has 1 heterocycles. The van der Waals surface area contributed by atoms with Crippen LogP contribution in [0.2, 0.25) is 0 Å². The second-order valence-electron chi connectivity index (χ2n) is 13.7. The summed E-state index contributed by atoms with van der Waals surface area (Å²) in [5, 5.41) is 23.7. The highest BCUT2D eigenvalue weighted by atomic mass is 16.6. The molecular formula is C33H46O13. The van der Waals surface area contributed by atoms with Crippen molar-refractivity contribution >= 4 is 29.8 Å². The van der Waals surface area contributed by atoms with Crippen LogP contribution in [0.1, 0.15) is 82.1 Å². The molecule has 1 aliphatic heterocycles. The highest BCUT2D eigenvalue weighted by Crippen LogP contribution is 2.68. The topological polar surface area (TPSA) is 181 Å². The van der Waals surface area contributed by atoms with Crippen LogP contribution in [-0.2, 0) is 52.4 Å². The van der Waals surface area contributed by atoms with Crippen molar-refractivity contribution in [3.63, 3.8) is 0 Å². The van der Waals surface area contributed by atoms with Crippen molar-refractivity contribution in [2.24, 2.45) is 16.7 Å². The fourth-order valence-electron chi connectivity index (χ4n) is 8.54. The van der Waals surface area contributed by atoms with Crippen LogP contribution in [0.15, 0.2) is 22.8 Å². The zero-order valence-electron chi connectivity index (χ0n) is 28.1. The molecule has 0 radical (unpaired) electrons. The Morgan fingerprint density at radius 1 is 0.913 bits per heavy atom. The number of hydrogen-bond acceptors (Lipinski definition) is 13. The number of allylic oxidation sites excluding steroid dienone is 1. The Bertz CT molecular complexity index is 1370. The maximum atomic E-state index is 13.6. The Balaban J connectivity index is 2.24. The van der Waals surface area contributed by atoms with E-state index in [1.165, 1.54) is 47.6 Å². The lowest BCUT2D eigenvalue weighted by Gasteiger charge is -2.65. The van der Waals surface area contributed by atoms with E-state index in [-0.39, 0.29) is 30.6 Å². The van der Waals surface area contributed by atoms with Gasteiger partial charge in [-0.3, -0.25) is 19.2 Å². The molecule has 0 aromatic rings. The number of aliphatic hydroxyl groups excluding tert-OH is 1. The van der Waals surface area contributed by atoms with E-state index in [2.05, 4.69) is 0 Å². The van der Waals surface area contributed by atoms with Crippen LogP contribution in [0.25, 0.3) is 0 Å². The molecule has 256 valence electrons. The minimum Gasteiger partial charge on any atom is -0.462 e. The van der Waals surface area contributed by atoms with Crippen molar-refractivity contribution < 1.29 is 62.6 Å². The van der Waals surface area contributed by atoms with Gasteiger partial charge >= 0.3 is 29.8 Å². The first-order chi connectivity index (χ1) is 21.2. The van der Waals surface area contributed by atoms with Crippen LogP contribution >= 0.6 is 0 Å². The molecule has 46 heavy (non-hydrogen) atoms. The zero-order chi connectivity index (χ0) is 34.7. The van der Waals surface area contributed by atoms with Gasteiger partial charge in [-0.2, -0.15) is 0 Å². The first-order valence-electron chi connectivity index (χ1n) is 15.5. The van der Waals surface area contributed by atoms with Gasteiger partial charge in [0, 0.05) is 39.7 Å².